The molecule has 1 fully saturated rings. The number of nitrogens with one attached hydrogen (secondary N) is 1. The van der Waals surface area contributed by atoms with Gasteiger partial charge in [0, 0.05) is 58.5 Å². The zero-order chi connectivity index (χ0) is 17.7. The summed E-state index contributed by atoms with van der Waals surface area (Å²) in [4.78, 5) is 19.2. The molecular weight excluding hydrogens is 300 g/mol. The van der Waals surface area contributed by atoms with E-state index in [1.807, 2.05) is 14.1 Å². The van der Waals surface area contributed by atoms with E-state index in [-0.39, 0.29) is 11.9 Å². The van der Waals surface area contributed by atoms with Crippen LogP contribution in [-0.4, -0.2) is 68.6 Å². The molecule has 0 bridgehead atoms. The van der Waals surface area contributed by atoms with Gasteiger partial charge in [-0.3, -0.25) is 9.69 Å². The predicted octanol–water partition coefficient (Wildman–Crippen LogP) is 1.96. The lowest BCUT2D eigenvalue weighted by Crippen LogP contribution is -2.54. The van der Waals surface area contributed by atoms with Crippen LogP contribution in [0.25, 0.3) is 0 Å². The Balaban J connectivity index is 2.31. The molecule has 2 unspecified atom stereocenters. The SMILES string of the molecule is CCN(CC)c1ccc(C(C(=O)N(C)C)N2CCNCC2C)cc1. The summed E-state index contributed by atoms with van der Waals surface area (Å²) in [5, 5.41) is 3.40. The van der Waals surface area contributed by atoms with Gasteiger partial charge in [-0.2, -0.15) is 0 Å². The van der Waals surface area contributed by atoms with Crippen molar-refractivity contribution in [3.05, 3.63) is 29.8 Å². The molecule has 1 aromatic carbocycles. The molecule has 2 atom stereocenters. The third-order valence-corrected chi connectivity index (χ3v) is 4.90. The molecule has 1 aliphatic rings. The number of hydrogen-bond donors (Lipinski definition) is 1. The van der Waals surface area contributed by atoms with Crippen LogP contribution < -0.4 is 10.2 Å². The molecule has 1 saturated heterocycles. The number of carbonyl (C=O) groups excluding carboxylic acids is 1. The predicted molar refractivity (Wildman–Crippen MR) is 100 cm³/mol. The van der Waals surface area contributed by atoms with E-state index in [4.69, 9.17) is 0 Å². The average molecular weight is 332 g/mol. The Kier molecular flexibility index (Phi) is 6.63. The van der Waals surface area contributed by atoms with Crippen LogP contribution in [0.1, 0.15) is 32.4 Å². The summed E-state index contributed by atoms with van der Waals surface area (Å²) < 4.78 is 0. The zero-order valence-electron chi connectivity index (χ0n) is 15.7. The summed E-state index contributed by atoms with van der Waals surface area (Å²) in [7, 11) is 3.68. The second-order valence-corrected chi connectivity index (χ2v) is 6.69. The smallest absolute Gasteiger partial charge is 0.244 e. The first-order chi connectivity index (χ1) is 11.5. The fourth-order valence-electron chi connectivity index (χ4n) is 3.42. The second kappa shape index (κ2) is 8.49. The van der Waals surface area contributed by atoms with Crippen LogP contribution in [-0.2, 0) is 4.79 Å². The molecule has 1 heterocycles. The lowest BCUT2D eigenvalue weighted by atomic mass is 10.0. The minimum absolute atomic E-state index is 0.152. The molecule has 0 spiro atoms. The molecule has 24 heavy (non-hydrogen) atoms. The number of likely N-dealkylation sites (N-methyl/N-ethyl adjacent to an activating group) is 1. The first-order valence-corrected chi connectivity index (χ1v) is 9.02. The highest BCUT2D eigenvalue weighted by atomic mass is 16.2. The summed E-state index contributed by atoms with van der Waals surface area (Å²) in [6, 6.07) is 8.66. The Labute approximate surface area is 146 Å². The van der Waals surface area contributed by atoms with E-state index >= 15 is 0 Å². The lowest BCUT2D eigenvalue weighted by molar-refractivity contribution is -0.136. The van der Waals surface area contributed by atoms with E-state index in [0.717, 1.165) is 38.3 Å². The summed E-state index contributed by atoms with van der Waals surface area (Å²) in [6.07, 6.45) is 0. The normalized spacial score (nSPS) is 19.8. The fourth-order valence-corrected chi connectivity index (χ4v) is 3.42. The first-order valence-electron chi connectivity index (χ1n) is 9.02. The van der Waals surface area contributed by atoms with Crippen LogP contribution in [0.3, 0.4) is 0 Å². The Morgan fingerprint density at radius 3 is 2.38 bits per heavy atom. The van der Waals surface area contributed by atoms with Crippen molar-refractivity contribution < 1.29 is 4.79 Å². The molecule has 134 valence electrons. The Bertz CT molecular complexity index is 525. The molecule has 0 aliphatic carbocycles. The van der Waals surface area contributed by atoms with Crippen molar-refractivity contribution in [2.75, 3.05) is 51.7 Å². The van der Waals surface area contributed by atoms with E-state index in [9.17, 15) is 4.79 Å². The summed E-state index contributed by atoms with van der Waals surface area (Å²) in [6.45, 7) is 11.2. The molecular formula is C19H32N4O. The quantitative estimate of drug-likeness (QED) is 0.864. The Morgan fingerprint density at radius 2 is 1.88 bits per heavy atom. The molecule has 5 nitrogen and oxygen atoms in total. The van der Waals surface area contributed by atoms with Crippen LogP contribution in [0.4, 0.5) is 5.69 Å². The Hall–Kier alpha value is -1.59. The van der Waals surface area contributed by atoms with Crippen LogP contribution in [0.15, 0.2) is 24.3 Å². The van der Waals surface area contributed by atoms with Gasteiger partial charge in [0.25, 0.3) is 0 Å². The highest BCUT2D eigenvalue weighted by Crippen LogP contribution is 2.27. The average Bonchev–Trinajstić information content (AvgIpc) is 2.59. The standard InChI is InChI=1S/C19H32N4O/c1-6-22(7-2)17-10-8-16(9-11-17)18(19(24)21(4)5)23-13-12-20-14-15(23)3/h8-11,15,18,20H,6-7,12-14H2,1-5H3. The van der Waals surface area contributed by atoms with E-state index in [2.05, 4.69) is 60.2 Å². The highest BCUT2D eigenvalue weighted by Gasteiger charge is 2.33. The second-order valence-electron chi connectivity index (χ2n) is 6.69. The molecule has 0 saturated carbocycles. The summed E-state index contributed by atoms with van der Waals surface area (Å²) >= 11 is 0. The van der Waals surface area contributed by atoms with E-state index in [1.54, 1.807) is 4.90 Å². The molecule has 1 aliphatic heterocycles. The molecule has 5 heteroatoms. The highest BCUT2D eigenvalue weighted by molar-refractivity contribution is 5.83. The maximum absolute atomic E-state index is 12.9. The van der Waals surface area contributed by atoms with Crippen LogP contribution in [0.2, 0.25) is 0 Å². The largest absolute Gasteiger partial charge is 0.372 e. The fraction of sp³-hybridized carbons (Fsp3) is 0.632. The zero-order valence-corrected chi connectivity index (χ0v) is 15.7. The minimum Gasteiger partial charge on any atom is -0.372 e. The maximum Gasteiger partial charge on any atom is 0.244 e. The number of benzene rings is 1. The van der Waals surface area contributed by atoms with Crippen molar-refractivity contribution in [1.29, 1.82) is 0 Å². The number of hydrogen-bond acceptors (Lipinski definition) is 4. The van der Waals surface area contributed by atoms with Gasteiger partial charge >= 0.3 is 0 Å². The van der Waals surface area contributed by atoms with Gasteiger partial charge in [0.1, 0.15) is 6.04 Å². The molecule has 1 aromatic rings. The van der Waals surface area contributed by atoms with Crippen molar-refractivity contribution in [3.63, 3.8) is 0 Å². The van der Waals surface area contributed by atoms with Crippen molar-refractivity contribution in [2.24, 2.45) is 0 Å². The van der Waals surface area contributed by atoms with E-state index in [1.165, 1.54) is 5.69 Å². The van der Waals surface area contributed by atoms with Gasteiger partial charge in [-0.1, -0.05) is 12.1 Å². The molecule has 0 radical (unpaired) electrons. The molecule has 1 amide bonds. The van der Waals surface area contributed by atoms with Crippen LogP contribution >= 0.6 is 0 Å². The number of rotatable bonds is 6. The van der Waals surface area contributed by atoms with Gasteiger partial charge in [-0.25, -0.2) is 0 Å². The summed E-state index contributed by atoms with van der Waals surface area (Å²) in [5.74, 6) is 0.152. The van der Waals surface area contributed by atoms with Gasteiger partial charge < -0.3 is 15.1 Å². The number of anilines is 1. The minimum atomic E-state index is -0.206. The van der Waals surface area contributed by atoms with Gasteiger partial charge in [-0.05, 0) is 38.5 Å². The van der Waals surface area contributed by atoms with Gasteiger partial charge in [0.2, 0.25) is 5.91 Å². The van der Waals surface area contributed by atoms with Crippen molar-refractivity contribution >= 4 is 11.6 Å². The number of carbonyl (C=O) groups is 1. The van der Waals surface area contributed by atoms with Gasteiger partial charge in [-0.15, -0.1) is 0 Å². The molecule has 1 N–H and O–H groups in total. The van der Waals surface area contributed by atoms with Crippen molar-refractivity contribution in [3.8, 4) is 0 Å². The van der Waals surface area contributed by atoms with Gasteiger partial charge in [0.05, 0.1) is 0 Å². The third kappa shape index (κ3) is 4.08. The number of piperazine rings is 1. The third-order valence-electron chi connectivity index (χ3n) is 4.90. The van der Waals surface area contributed by atoms with E-state index in [0.29, 0.717) is 6.04 Å². The van der Waals surface area contributed by atoms with Crippen LogP contribution in [0.5, 0.6) is 0 Å². The Morgan fingerprint density at radius 1 is 1.25 bits per heavy atom. The molecule has 2 rings (SSSR count). The maximum atomic E-state index is 12.9. The number of nitrogens with zero attached hydrogens (tertiary/aromatic N) is 3. The molecule has 0 aromatic heterocycles. The first kappa shape index (κ1) is 18.7. The topological polar surface area (TPSA) is 38.8 Å². The lowest BCUT2D eigenvalue weighted by Gasteiger charge is -2.40. The van der Waals surface area contributed by atoms with Crippen LogP contribution in [0, 0.1) is 0 Å². The van der Waals surface area contributed by atoms with Gasteiger partial charge in [0.15, 0.2) is 0 Å². The number of amides is 1. The monoisotopic (exact) mass is 332 g/mol. The van der Waals surface area contributed by atoms with Crippen molar-refractivity contribution in [2.45, 2.75) is 32.9 Å². The van der Waals surface area contributed by atoms with Crippen molar-refractivity contribution in [1.82, 2.24) is 15.1 Å². The summed E-state index contributed by atoms with van der Waals surface area (Å²) in [5.41, 5.74) is 2.30. The van der Waals surface area contributed by atoms with E-state index < -0.39 is 0 Å².